The zero-order valence-electron chi connectivity index (χ0n) is 11.6. The van der Waals surface area contributed by atoms with Gasteiger partial charge in [-0.05, 0) is 31.0 Å². The van der Waals surface area contributed by atoms with Crippen LogP contribution in [-0.2, 0) is 20.3 Å². The first kappa shape index (κ1) is 16.3. The number of nitrogens with one attached hydrogen (secondary N) is 1. The highest BCUT2D eigenvalue weighted by molar-refractivity contribution is 7.85. The zero-order valence-corrected chi connectivity index (χ0v) is 13.2. The van der Waals surface area contributed by atoms with Gasteiger partial charge in [0.2, 0.25) is 5.91 Å². The number of amides is 1. The lowest BCUT2D eigenvalue weighted by Gasteiger charge is -2.09. The van der Waals surface area contributed by atoms with Crippen LogP contribution in [0, 0.1) is 0 Å². The van der Waals surface area contributed by atoms with Crippen LogP contribution in [0.25, 0.3) is 0 Å². The Labute approximate surface area is 131 Å². The molecule has 2 rings (SSSR count). The summed E-state index contributed by atoms with van der Waals surface area (Å²) >= 11 is 5.81. The molecular formula is C14H19ClN2O3S. The minimum Gasteiger partial charge on any atom is -0.397 e. The number of carbonyl (C=O) groups is 1. The van der Waals surface area contributed by atoms with E-state index >= 15 is 0 Å². The first-order valence-electron chi connectivity index (χ1n) is 6.86. The predicted molar refractivity (Wildman–Crippen MR) is 86.0 cm³/mol. The van der Waals surface area contributed by atoms with Crippen molar-refractivity contribution in [1.29, 1.82) is 0 Å². The van der Waals surface area contributed by atoms with Crippen molar-refractivity contribution in [2.45, 2.75) is 25.4 Å². The number of benzene rings is 1. The summed E-state index contributed by atoms with van der Waals surface area (Å²) in [4.78, 5) is 11.8. The van der Waals surface area contributed by atoms with E-state index in [0.717, 1.165) is 19.4 Å². The molecule has 2 atom stereocenters. The van der Waals surface area contributed by atoms with Gasteiger partial charge in [0.15, 0.2) is 0 Å². The Kier molecular flexibility index (Phi) is 6.02. The highest BCUT2D eigenvalue weighted by Gasteiger charge is 2.18. The predicted octanol–water partition coefficient (Wildman–Crippen LogP) is 2.18. The first-order chi connectivity index (χ1) is 10.0. The fourth-order valence-electron chi connectivity index (χ4n) is 2.12. The first-order valence-corrected chi connectivity index (χ1v) is 8.72. The van der Waals surface area contributed by atoms with Gasteiger partial charge >= 0.3 is 0 Å². The maximum absolute atomic E-state index is 11.9. The van der Waals surface area contributed by atoms with Gasteiger partial charge in [-0.25, -0.2) is 0 Å². The molecule has 0 saturated carbocycles. The molecule has 7 heteroatoms. The van der Waals surface area contributed by atoms with Crippen molar-refractivity contribution >= 4 is 39.7 Å². The molecule has 1 heterocycles. The molecule has 2 unspecified atom stereocenters. The third kappa shape index (κ3) is 5.30. The second kappa shape index (κ2) is 7.77. The highest BCUT2D eigenvalue weighted by Crippen LogP contribution is 2.22. The lowest BCUT2D eigenvalue weighted by molar-refractivity contribution is -0.115. The van der Waals surface area contributed by atoms with E-state index in [1.54, 1.807) is 18.2 Å². The molecule has 1 fully saturated rings. The normalized spacial score (nSPS) is 19.4. The van der Waals surface area contributed by atoms with Crippen LogP contribution in [0.2, 0.25) is 5.02 Å². The fourth-order valence-corrected chi connectivity index (χ4v) is 3.49. The monoisotopic (exact) mass is 330 g/mol. The van der Waals surface area contributed by atoms with E-state index in [0.29, 0.717) is 27.9 Å². The molecular weight excluding hydrogens is 312 g/mol. The van der Waals surface area contributed by atoms with Crippen molar-refractivity contribution in [3.8, 4) is 0 Å². The minimum absolute atomic E-state index is 0.0879. The summed E-state index contributed by atoms with van der Waals surface area (Å²) in [5.74, 6) is 0.674. The standard InChI is InChI=1S/C14H19ClN2O3S/c15-12-4-3-10(8-13(12)16)17-14(18)5-7-21(19)9-11-2-1-6-20-11/h3-4,8,11H,1-2,5-7,9,16H2,(H,17,18). The highest BCUT2D eigenvalue weighted by atomic mass is 35.5. The molecule has 1 amide bonds. The SMILES string of the molecule is Nc1cc(NC(=O)CCS(=O)CC2CCCO2)ccc1Cl. The molecule has 116 valence electrons. The van der Waals surface area contributed by atoms with Crippen LogP contribution in [0.5, 0.6) is 0 Å². The second-order valence-electron chi connectivity index (χ2n) is 4.98. The molecule has 0 spiro atoms. The van der Waals surface area contributed by atoms with Gasteiger partial charge < -0.3 is 15.8 Å². The number of ether oxygens (including phenoxy) is 1. The topological polar surface area (TPSA) is 81.4 Å². The second-order valence-corrected chi connectivity index (χ2v) is 7.01. The van der Waals surface area contributed by atoms with Crippen LogP contribution in [0.15, 0.2) is 18.2 Å². The van der Waals surface area contributed by atoms with E-state index in [-0.39, 0.29) is 18.4 Å². The molecule has 0 aromatic heterocycles. The number of halogens is 1. The molecule has 5 nitrogen and oxygen atoms in total. The zero-order chi connectivity index (χ0) is 15.2. The molecule has 0 radical (unpaired) electrons. The number of hydrogen-bond donors (Lipinski definition) is 2. The largest absolute Gasteiger partial charge is 0.397 e. The molecule has 1 aliphatic rings. The maximum atomic E-state index is 11.9. The lowest BCUT2D eigenvalue weighted by atomic mass is 10.2. The number of nitrogens with two attached hydrogens (primary N) is 1. The van der Waals surface area contributed by atoms with Crippen LogP contribution < -0.4 is 11.1 Å². The van der Waals surface area contributed by atoms with Gasteiger partial charge in [-0.3, -0.25) is 9.00 Å². The van der Waals surface area contributed by atoms with Gasteiger partial charge in [-0.2, -0.15) is 0 Å². The van der Waals surface area contributed by atoms with Gasteiger partial charge in [0, 0.05) is 41.0 Å². The summed E-state index contributed by atoms with van der Waals surface area (Å²) in [7, 11) is -1.03. The van der Waals surface area contributed by atoms with Gasteiger partial charge in [-0.1, -0.05) is 11.6 Å². The van der Waals surface area contributed by atoms with Crippen LogP contribution in [-0.4, -0.2) is 34.3 Å². The Hall–Kier alpha value is -1.11. The van der Waals surface area contributed by atoms with Crippen molar-refractivity contribution in [2.24, 2.45) is 0 Å². The van der Waals surface area contributed by atoms with E-state index in [1.807, 2.05) is 0 Å². The summed E-state index contributed by atoms with van der Waals surface area (Å²) in [6, 6.07) is 4.91. The van der Waals surface area contributed by atoms with Gasteiger partial charge in [0.25, 0.3) is 0 Å². The van der Waals surface area contributed by atoms with Crippen LogP contribution in [0.3, 0.4) is 0 Å². The number of hydrogen-bond acceptors (Lipinski definition) is 4. The maximum Gasteiger partial charge on any atom is 0.225 e. The average molecular weight is 331 g/mol. The van der Waals surface area contributed by atoms with Crippen molar-refractivity contribution in [3.05, 3.63) is 23.2 Å². The number of rotatable bonds is 6. The Bertz CT molecular complexity index is 533. The quantitative estimate of drug-likeness (QED) is 0.783. The van der Waals surface area contributed by atoms with Gasteiger partial charge in [0.05, 0.1) is 16.8 Å². The van der Waals surface area contributed by atoms with E-state index in [9.17, 15) is 9.00 Å². The van der Waals surface area contributed by atoms with E-state index < -0.39 is 10.8 Å². The van der Waals surface area contributed by atoms with Gasteiger partial charge in [0.1, 0.15) is 0 Å². The molecule has 21 heavy (non-hydrogen) atoms. The molecule has 0 aliphatic carbocycles. The third-order valence-electron chi connectivity index (χ3n) is 3.23. The smallest absolute Gasteiger partial charge is 0.225 e. The fraction of sp³-hybridized carbons (Fsp3) is 0.500. The molecule has 3 N–H and O–H groups in total. The average Bonchev–Trinajstić information content (AvgIpc) is 2.93. The van der Waals surface area contributed by atoms with E-state index in [1.165, 1.54) is 0 Å². The summed E-state index contributed by atoms with van der Waals surface area (Å²) < 4.78 is 17.3. The molecule has 1 saturated heterocycles. The molecule has 1 aliphatic heterocycles. The number of carbonyl (C=O) groups excluding carboxylic acids is 1. The number of nitrogen functional groups attached to an aromatic ring is 1. The Morgan fingerprint density at radius 1 is 1.52 bits per heavy atom. The van der Waals surface area contributed by atoms with Crippen LogP contribution in [0.1, 0.15) is 19.3 Å². The molecule has 1 aromatic carbocycles. The summed E-state index contributed by atoms with van der Waals surface area (Å²) in [5, 5.41) is 3.17. The minimum atomic E-state index is -1.03. The molecule has 0 bridgehead atoms. The van der Waals surface area contributed by atoms with Gasteiger partial charge in [-0.15, -0.1) is 0 Å². The number of anilines is 2. The Morgan fingerprint density at radius 2 is 2.33 bits per heavy atom. The van der Waals surface area contributed by atoms with Crippen molar-refractivity contribution in [3.63, 3.8) is 0 Å². The molecule has 1 aromatic rings. The Morgan fingerprint density at radius 3 is 3.00 bits per heavy atom. The summed E-state index contributed by atoms with van der Waals surface area (Å²) in [6.45, 7) is 0.750. The lowest BCUT2D eigenvalue weighted by Crippen LogP contribution is -2.20. The van der Waals surface area contributed by atoms with E-state index in [4.69, 9.17) is 22.1 Å². The van der Waals surface area contributed by atoms with Crippen LogP contribution >= 0.6 is 11.6 Å². The van der Waals surface area contributed by atoms with Crippen molar-refractivity contribution in [1.82, 2.24) is 0 Å². The van der Waals surface area contributed by atoms with Crippen LogP contribution in [0.4, 0.5) is 11.4 Å². The third-order valence-corrected chi connectivity index (χ3v) is 4.98. The van der Waals surface area contributed by atoms with E-state index in [2.05, 4.69) is 5.32 Å². The van der Waals surface area contributed by atoms with Crippen molar-refractivity contribution in [2.75, 3.05) is 29.2 Å². The Balaban J connectivity index is 1.73. The van der Waals surface area contributed by atoms with Crippen molar-refractivity contribution < 1.29 is 13.7 Å². The summed E-state index contributed by atoms with van der Waals surface area (Å²) in [5.41, 5.74) is 6.67. The summed E-state index contributed by atoms with van der Waals surface area (Å²) in [6.07, 6.45) is 2.29.